The summed E-state index contributed by atoms with van der Waals surface area (Å²) in [5.74, 6) is -0.375. The number of halogens is 1. The molecule has 1 rings (SSSR count). The topological polar surface area (TPSA) is 75.1 Å². The lowest BCUT2D eigenvalue weighted by Gasteiger charge is -2.09. The van der Waals surface area contributed by atoms with Crippen LogP contribution in [0.25, 0.3) is 10.4 Å². The van der Waals surface area contributed by atoms with Crippen LogP contribution in [-0.2, 0) is 16.0 Å². The van der Waals surface area contributed by atoms with Crippen LogP contribution in [0.5, 0.6) is 0 Å². The lowest BCUT2D eigenvalue weighted by Crippen LogP contribution is -2.15. The van der Waals surface area contributed by atoms with Gasteiger partial charge in [0.05, 0.1) is 19.6 Å². The zero-order chi connectivity index (χ0) is 12.7. The van der Waals surface area contributed by atoms with Crippen LogP contribution in [-0.4, -0.2) is 19.1 Å². The fourth-order valence-corrected chi connectivity index (χ4v) is 1.66. The van der Waals surface area contributed by atoms with Crippen LogP contribution in [0.2, 0.25) is 0 Å². The molecule has 0 unspecified atom stereocenters. The molecule has 0 aliphatic rings. The molecule has 17 heavy (non-hydrogen) atoms. The Labute approximate surface area is 108 Å². The van der Waals surface area contributed by atoms with Crippen LogP contribution in [0.1, 0.15) is 12.0 Å². The minimum Gasteiger partial charge on any atom is -0.469 e. The molecule has 1 aromatic rings. The third-order valence-corrected chi connectivity index (χ3v) is 2.76. The van der Waals surface area contributed by atoms with Gasteiger partial charge in [-0.15, -0.1) is 0 Å². The SMILES string of the molecule is COC(=O)C[C@@H](Cc1ccc(Br)cc1)N=[N+]=[N-]. The van der Waals surface area contributed by atoms with Crippen molar-refractivity contribution in [1.29, 1.82) is 0 Å². The van der Waals surface area contributed by atoms with Crippen molar-refractivity contribution < 1.29 is 9.53 Å². The van der Waals surface area contributed by atoms with Crippen molar-refractivity contribution in [3.8, 4) is 0 Å². The zero-order valence-electron chi connectivity index (χ0n) is 9.34. The lowest BCUT2D eigenvalue weighted by molar-refractivity contribution is -0.140. The molecule has 0 N–H and O–H groups in total. The summed E-state index contributed by atoms with van der Waals surface area (Å²) in [4.78, 5) is 13.9. The van der Waals surface area contributed by atoms with Crippen LogP contribution in [0.3, 0.4) is 0 Å². The number of carbonyl (C=O) groups is 1. The van der Waals surface area contributed by atoms with E-state index in [1.807, 2.05) is 24.3 Å². The van der Waals surface area contributed by atoms with E-state index in [9.17, 15) is 4.79 Å². The number of benzene rings is 1. The Balaban J connectivity index is 2.69. The number of ether oxygens (including phenoxy) is 1. The predicted molar refractivity (Wildman–Crippen MR) is 67.4 cm³/mol. The van der Waals surface area contributed by atoms with Crippen LogP contribution in [0, 0.1) is 0 Å². The predicted octanol–water partition coefficient (Wildman–Crippen LogP) is 3.23. The van der Waals surface area contributed by atoms with Gasteiger partial charge < -0.3 is 4.74 Å². The van der Waals surface area contributed by atoms with Crippen molar-refractivity contribution in [2.75, 3.05) is 7.11 Å². The van der Waals surface area contributed by atoms with E-state index in [-0.39, 0.29) is 12.4 Å². The van der Waals surface area contributed by atoms with Crippen molar-refractivity contribution in [3.63, 3.8) is 0 Å². The van der Waals surface area contributed by atoms with Crippen LogP contribution in [0.4, 0.5) is 0 Å². The van der Waals surface area contributed by atoms with Gasteiger partial charge in [-0.25, -0.2) is 0 Å². The molecule has 0 spiro atoms. The highest BCUT2D eigenvalue weighted by Crippen LogP contribution is 2.14. The normalized spacial score (nSPS) is 11.4. The van der Waals surface area contributed by atoms with E-state index in [0.717, 1.165) is 10.0 Å². The van der Waals surface area contributed by atoms with Gasteiger partial charge in [0.15, 0.2) is 0 Å². The van der Waals surface area contributed by atoms with Crippen molar-refractivity contribution in [2.45, 2.75) is 18.9 Å². The first-order valence-corrected chi connectivity index (χ1v) is 5.80. The quantitative estimate of drug-likeness (QED) is 0.362. The molecular weight excluding hydrogens is 286 g/mol. The first-order valence-electron chi connectivity index (χ1n) is 5.01. The Kier molecular flexibility index (Phi) is 5.52. The van der Waals surface area contributed by atoms with Gasteiger partial charge in [0.2, 0.25) is 0 Å². The average Bonchev–Trinajstić information content (AvgIpc) is 2.32. The van der Waals surface area contributed by atoms with Gasteiger partial charge in [0.25, 0.3) is 0 Å². The van der Waals surface area contributed by atoms with Crippen molar-refractivity contribution in [2.24, 2.45) is 5.11 Å². The van der Waals surface area contributed by atoms with E-state index in [4.69, 9.17) is 5.53 Å². The third-order valence-electron chi connectivity index (χ3n) is 2.23. The smallest absolute Gasteiger partial charge is 0.305 e. The molecule has 0 amide bonds. The molecule has 1 aromatic carbocycles. The maximum Gasteiger partial charge on any atom is 0.305 e. The second-order valence-electron chi connectivity index (χ2n) is 3.47. The van der Waals surface area contributed by atoms with Gasteiger partial charge >= 0.3 is 5.97 Å². The summed E-state index contributed by atoms with van der Waals surface area (Å²) in [6.45, 7) is 0. The number of rotatable bonds is 5. The van der Waals surface area contributed by atoms with E-state index in [1.54, 1.807) is 0 Å². The molecule has 0 bridgehead atoms. The second kappa shape index (κ2) is 6.93. The zero-order valence-corrected chi connectivity index (χ0v) is 10.9. The van der Waals surface area contributed by atoms with Gasteiger partial charge in [-0.05, 0) is 29.6 Å². The molecule has 90 valence electrons. The molecule has 0 heterocycles. The Hall–Kier alpha value is -1.52. The first kappa shape index (κ1) is 13.5. The minimum absolute atomic E-state index is 0.0939. The van der Waals surface area contributed by atoms with Crippen LogP contribution >= 0.6 is 15.9 Å². The van der Waals surface area contributed by atoms with Crippen molar-refractivity contribution in [3.05, 3.63) is 44.7 Å². The van der Waals surface area contributed by atoms with E-state index < -0.39 is 6.04 Å². The van der Waals surface area contributed by atoms with Crippen LogP contribution in [0.15, 0.2) is 33.9 Å². The molecule has 0 aliphatic carbocycles. The molecule has 5 nitrogen and oxygen atoms in total. The molecule has 1 atom stereocenters. The summed E-state index contributed by atoms with van der Waals surface area (Å²) in [6, 6.07) is 7.23. The number of azide groups is 1. The Morgan fingerprint density at radius 2 is 2.18 bits per heavy atom. The van der Waals surface area contributed by atoms with Crippen molar-refractivity contribution in [1.82, 2.24) is 0 Å². The van der Waals surface area contributed by atoms with Gasteiger partial charge in [-0.1, -0.05) is 33.2 Å². The molecule has 0 aromatic heterocycles. The molecule has 0 saturated heterocycles. The summed E-state index contributed by atoms with van der Waals surface area (Å²) < 4.78 is 5.54. The van der Waals surface area contributed by atoms with E-state index in [1.165, 1.54) is 7.11 Å². The Morgan fingerprint density at radius 1 is 1.53 bits per heavy atom. The molecule has 0 radical (unpaired) electrons. The summed E-state index contributed by atoms with van der Waals surface area (Å²) in [6.07, 6.45) is 0.614. The van der Waals surface area contributed by atoms with Gasteiger partial charge in [0, 0.05) is 9.38 Å². The average molecular weight is 298 g/mol. The minimum atomic E-state index is -0.409. The van der Waals surface area contributed by atoms with Gasteiger partial charge in [-0.3, -0.25) is 4.79 Å². The number of nitrogens with zero attached hydrogens (tertiary/aromatic N) is 3. The molecule has 0 aliphatic heterocycles. The summed E-state index contributed by atoms with van der Waals surface area (Å²) >= 11 is 3.34. The van der Waals surface area contributed by atoms with E-state index in [2.05, 4.69) is 30.7 Å². The molecular formula is C11H12BrN3O2. The number of hydrogen-bond donors (Lipinski definition) is 0. The van der Waals surface area contributed by atoms with Crippen LogP contribution < -0.4 is 0 Å². The van der Waals surface area contributed by atoms with Gasteiger partial charge in [0.1, 0.15) is 0 Å². The highest BCUT2D eigenvalue weighted by Gasteiger charge is 2.13. The maximum absolute atomic E-state index is 11.1. The summed E-state index contributed by atoms with van der Waals surface area (Å²) in [7, 11) is 1.31. The number of carbonyl (C=O) groups excluding carboxylic acids is 1. The Morgan fingerprint density at radius 3 is 2.71 bits per heavy atom. The van der Waals surface area contributed by atoms with E-state index >= 15 is 0 Å². The largest absolute Gasteiger partial charge is 0.469 e. The fourth-order valence-electron chi connectivity index (χ4n) is 1.40. The molecule has 0 saturated carbocycles. The maximum atomic E-state index is 11.1. The Bertz CT molecular complexity index is 427. The number of methoxy groups -OCH3 is 1. The summed E-state index contributed by atoms with van der Waals surface area (Å²) in [5, 5.41) is 3.60. The standard InChI is InChI=1S/C11H12BrN3O2/c1-17-11(16)7-10(14-15-13)6-8-2-4-9(12)5-3-8/h2-5,10H,6-7H2,1H3/t10-/m1/s1. The molecule has 0 fully saturated rings. The third kappa shape index (κ3) is 4.89. The summed E-state index contributed by atoms with van der Waals surface area (Å²) in [5.41, 5.74) is 9.45. The number of esters is 1. The molecule has 6 heteroatoms. The fraction of sp³-hybridized carbons (Fsp3) is 0.364. The van der Waals surface area contributed by atoms with E-state index in [0.29, 0.717) is 6.42 Å². The lowest BCUT2D eigenvalue weighted by atomic mass is 10.0. The van der Waals surface area contributed by atoms with Gasteiger partial charge in [-0.2, -0.15) is 0 Å². The van der Waals surface area contributed by atoms with Crippen molar-refractivity contribution >= 4 is 21.9 Å². The monoisotopic (exact) mass is 297 g/mol. The highest BCUT2D eigenvalue weighted by molar-refractivity contribution is 9.10. The highest BCUT2D eigenvalue weighted by atomic mass is 79.9. The first-order chi connectivity index (χ1) is 8.15. The second-order valence-corrected chi connectivity index (χ2v) is 4.39. The number of hydrogen-bond acceptors (Lipinski definition) is 3.